The minimum Gasteiger partial charge on any atom is -0.462 e. The summed E-state index contributed by atoms with van der Waals surface area (Å²) < 4.78 is 5.94. The Kier molecular flexibility index (Phi) is 5.76. The zero-order valence-corrected chi connectivity index (χ0v) is 16.2. The fourth-order valence-electron chi connectivity index (χ4n) is 3.76. The van der Waals surface area contributed by atoms with Crippen molar-refractivity contribution in [1.82, 2.24) is 4.90 Å². The first-order chi connectivity index (χ1) is 9.78. The van der Waals surface area contributed by atoms with Crippen LogP contribution in [-0.2, 0) is 9.53 Å². The number of carbonyl (C=O) groups excluding carboxylic acids is 1. The summed E-state index contributed by atoms with van der Waals surface area (Å²) in [5.74, 6) is 0.0180. The molecule has 1 fully saturated rings. The van der Waals surface area contributed by atoms with Crippen LogP contribution >= 0.6 is 0 Å². The van der Waals surface area contributed by atoms with Gasteiger partial charge in [-0.1, -0.05) is 27.7 Å². The summed E-state index contributed by atoms with van der Waals surface area (Å²) in [6, 6.07) is 0. The number of hydrogen-bond donors (Lipinski definition) is 0. The van der Waals surface area contributed by atoms with Gasteiger partial charge in [-0.15, -0.1) is 0 Å². The highest BCUT2D eigenvalue weighted by Gasteiger charge is 2.44. The van der Waals surface area contributed by atoms with Gasteiger partial charge in [0.25, 0.3) is 0 Å². The Morgan fingerprint density at radius 3 is 2.00 bits per heavy atom. The standard InChI is InChI=1S/C19H37NO2/c1-10-14(11-17(2,3)4)16(21)22-15-12-18(5,6)20(9)19(7,8)13-15/h14-15H,10-13H2,1-9H3. The number of piperidine rings is 1. The van der Waals surface area contributed by atoms with E-state index in [9.17, 15) is 4.79 Å². The largest absolute Gasteiger partial charge is 0.462 e. The van der Waals surface area contributed by atoms with Crippen molar-refractivity contribution in [2.24, 2.45) is 11.3 Å². The van der Waals surface area contributed by atoms with Crippen molar-refractivity contribution in [3.8, 4) is 0 Å². The predicted molar refractivity (Wildman–Crippen MR) is 92.9 cm³/mol. The molecule has 1 aliphatic rings. The first-order valence-electron chi connectivity index (χ1n) is 8.73. The smallest absolute Gasteiger partial charge is 0.309 e. The van der Waals surface area contributed by atoms with E-state index in [-0.39, 0.29) is 34.5 Å². The van der Waals surface area contributed by atoms with Crippen molar-refractivity contribution in [2.45, 2.75) is 98.3 Å². The van der Waals surface area contributed by atoms with Gasteiger partial charge in [0.1, 0.15) is 6.10 Å². The molecule has 1 saturated heterocycles. The Balaban J connectivity index is 2.75. The van der Waals surface area contributed by atoms with Crippen molar-refractivity contribution in [2.75, 3.05) is 7.05 Å². The van der Waals surface area contributed by atoms with E-state index >= 15 is 0 Å². The number of carbonyl (C=O) groups is 1. The fraction of sp³-hybridized carbons (Fsp3) is 0.947. The highest BCUT2D eigenvalue weighted by molar-refractivity contribution is 5.72. The molecule has 0 aliphatic carbocycles. The molecule has 3 nitrogen and oxygen atoms in total. The van der Waals surface area contributed by atoms with Gasteiger partial charge >= 0.3 is 5.97 Å². The molecule has 0 aromatic carbocycles. The molecule has 0 aromatic rings. The van der Waals surface area contributed by atoms with Crippen LogP contribution in [0.3, 0.4) is 0 Å². The van der Waals surface area contributed by atoms with Crippen molar-refractivity contribution < 1.29 is 9.53 Å². The van der Waals surface area contributed by atoms with Crippen LogP contribution in [0.25, 0.3) is 0 Å². The molecule has 1 heterocycles. The monoisotopic (exact) mass is 311 g/mol. The molecule has 3 heteroatoms. The Morgan fingerprint density at radius 1 is 1.18 bits per heavy atom. The van der Waals surface area contributed by atoms with Gasteiger partial charge in [0.2, 0.25) is 0 Å². The van der Waals surface area contributed by atoms with Crippen LogP contribution in [0.15, 0.2) is 0 Å². The van der Waals surface area contributed by atoms with Crippen molar-refractivity contribution in [3.05, 3.63) is 0 Å². The number of likely N-dealkylation sites (tertiary alicyclic amines) is 1. The van der Waals surface area contributed by atoms with Crippen LogP contribution in [0.5, 0.6) is 0 Å². The van der Waals surface area contributed by atoms with Gasteiger partial charge in [-0.25, -0.2) is 0 Å². The van der Waals surface area contributed by atoms with E-state index < -0.39 is 0 Å². The normalized spacial score (nSPS) is 24.0. The summed E-state index contributed by atoms with van der Waals surface area (Å²) >= 11 is 0. The molecule has 1 atom stereocenters. The third kappa shape index (κ3) is 4.97. The average Bonchev–Trinajstić information content (AvgIpc) is 2.31. The summed E-state index contributed by atoms with van der Waals surface area (Å²) in [5, 5.41) is 0. The van der Waals surface area contributed by atoms with E-state index in [2.05, 4.69) is 67.3 Å². The van der Waals surface area contributed by atoms with Gasteiger partial charge < -0.3 is 4.74 Å². The molecule has 0 amide bonds. The Morgan fingerprint density at radius 2 is 1.64 bits per heavy atom. The van der Waals surface area contributed by atoms with Crippen LogP contribution in [-0.4, -0.2) is 35.1 Å². The second-order valence-corrected chi connectivity index (χ2v) is 9.52. The maximum absolute atomic E-state index is 12.6. The summed E-state index contributed by atoms with van der Waals surface area (Å²) in [7, 11) is 2.17. The van der Waals surface area contributed by atoms with Crippen LogP contribution in [0, 0.1) is 11.3 Å². The molecular formula is C19H37NO2. The fourth-order valence-corrected chi connectivity index (χ4v) is 3.76. The molecule has 0 radical (unpaired) electrons. The summed E-state index contributed by atoms with van der Waals surface area (Å²) in [6.45, 7) is 17.6. The van der Waals surface area contributed by atoms with E-state index in [0.29, 0.717) is 0 Å². The van der Waals surface area contributed by atoms with Crippen LogP contribution in [0.4, 0.5) is 0 Å². The number of ether oxygens (including phenoxy) is 1. The molecule has 1 aliphatic heterocycles. The van der Waals surface area contributed by atoms with Crippen LogP contribution in [0.1, 0.15) is 81.1 Å². The molecule has 0 N–H and O–H groups in total. The van der Waals surface area contributed by atoms with E-state index in [0.717, 1.165) is 25.7 Å². The molecular weight excluding hydrogens is 274 g/mol. The Labute approximate surface area is 137 Å². The maximum Gasteiger partial charge on any atom is 0.309 e. The average molecular weight is 312 g/mol. The lowest BCUT2D eigenvalue weighted by Gasteiger charge is -2.53. The predicted octanol–water partition coefficient (Wildman–Crippen LogP) is 4.64. The van der Waals surface area contributed by atoms with Gasteiger partial charge in [-0.3, -0.25) is 9.69 Å². The van der Waals surface area contributed by atoms with Gasteiger partial charge in [0.05, 0.1) is 5.92 Å². The Bertz CT molecular complexity index is 375. The third-order valence-electron chi connectivity index (χ3n) is 5.24. The van der Waals surface area contributed by atoms with Gasteiger partial charge in [0, 0.05) is 23.9 Å². The van der Waals surface area contributed by atoms with E-state index in [4.69, 9.17) is 4.74 Å². The lowest BCUT2D eigenvalue weighted by Crippen LogP contribution is -2.60. The molecule has 0 saturated carbocycles. The molecule has 130 valence electrons. The minimum absolute atomic E-state index is 0.00132. The van der Waals surface area contributed by atoms with Crippen LogP contribution < -0.4 is 0 Å². The third-order valence-corrected chi connectivity index (χ3v) is 5.24. The second kappa shape index (κ2) is 6.51. The first kappa shape index (κ1) is 19.5. The van der Waals surface area contributed by atoms with Crippen LogP contribution in [0.2, 0.25) is 0 Å². The number of hydrogen-bond acceptors (Lipinski definition) is 3. The molecule has 0 spiro atoms. The molecule has 22 heavy (non-hydrogen) atoms. The number of rotatable bonds is 4. The number of esters is 1. The van der Waals surface area contributed by atoms with Crippen molar-refractivity contribution in [3.63, 3.8) is 0 Å². The highest BCUT2D eigenvalue weighted by atomic mass is 16.5. The first-order valence-corrected chi connectivity index (χ1v) is 8.73. The number of nitrogens with zero attached hydrogens (tertiary/aromatic N) is 1. The Hall–Kier alpha value is -0.570. The quantitative estimate of drug-likeness (QED) is 0.708. The lowest BCUT2D eigenvalue weighted by molar-refractivity contribution is -0.164. The van der Waals surface area contributed by atoms with Crippen molar-refractivity contribution in [1.29, 1.82) is 0 Å². The van der Waals surface area contributed by atoms with Gasteiger partial charge in [-0.2, -0.15) is 0 Å². The zero-order chi connectivity index (χ0) is 17.3. The SMILES string of the molecule is CCC(CC(C)(C)C)C(=O)OC1CC(C)(C)N(C)C(C)(C)C1. The van der Waals surface area contributed by atoms with E-state index in [1.54, 1.807) is 0 Å². The molecule has 1 rings (SSSR count). The van der Waals surface area contributed by atoms with Crippen molar-refractivity contribution >= 4 is 5.97 Å². The zero-order valence-electron chi connectivity index (χ0n) is 16.2. The maximum atomic E-state index is 12.6. The summed E-state index contributed by atoms with van der Waals surface area (Å²) in [6.07, 6.45) is 3.59. The van der Waals surface area contributed by atoms with E-state index in [1.165, 1.54) is 0 Å². The van der Waals surface area contributed by atoms with Gasteiger partial charge in [0.15, 0.2) is 0 Å². The van der Waals surface area contributed by atoms with Gasteiger partial charge in [-0.05, 0) is 53.0 Å². The minimum atomic E-state index is -0.00132. The topological polar surface area (TPSA) is 29.5 Å². The van der Waals surface area contributed by atoms with E-state index in [1.807, 2.05) is 0 Å². The molecule has 0 bridgehead atoms. The summed E-state index contributed by atoms with van der Waals surface area (Å²) in [5.41, 5.74) is 0.266. The molecule has 0 aromatic heterocycles. The lowest BCUT2D eigenvalue weighted by atomic mass is 9.78. The second-order valence-electron chi connectivity index (χ2n) is 9.52. The molecule has 1 unspecified atom stereocenters. The summed E-state index contributed by atoms with van der Waals surface area (Å²) in [4.78, 5) is 15.0. The highest BCUT2D eigenvalue weighted by Crippen LogP contribution is 2.38.